The molecule has 0 spiro atoms. The summed E-state index contributed by atoms with van der Waals surface area (Å²) < 4.78 is 7.41. The van der Waals surface area contributed by atoms with E-state index in [9.17, 15) is 9.59 Å². The molecule has 172 valence electrons. The van der Waals surface area contributed by atoms with Gasteiger partial charge in [-0.15, -0.1) is 0 Å². The Balaban J connectivity index is 1.33. The number of hydrogen-bond acceptors (Lipinski definition) is 5. The number of carbonyl (C=O) groups is 2. The predicted molar refractivity (Wildman–Crippen MR) is 122 cm³/mol. The average Bonchev–Trinajstić information content (AvgIpc) is 3.25. The van der Waals surface area contributed by atoms with Gasteiger partial charge in [-0.2, -0.15) is 0 Å². The molecule has 1 atom stereocenters. The molecule has 8 nitrogen and oxygen atoms in total. The van der Waals surface area contributed by atoms with Gasteiger partial charge in [-0.1, -0.05) is 24.3 Å². The van der Waals surface area contributed by atoms with Crippen molar-refractivity contribution >= 4 is 11.8 Å². The summed E-state index contributed by atoms with van der Waals surface area (Å²) in [6.45, 7) is 6.46. The van der Waals surface area contributed by atoms with Gasteiger partial charge in [-0.3, -0.25) is 19.4 Å². The Morgan fingerprint density at radius 2 is 1.75 bits per heavy atom. The van der Waals surface area contributed by atoms with Crippen LogP contribution in [0.5, 0.6) is 0 Å². The summed E-state index contributed by atoms with van der Waals surface area (Å²) in [7, 11) is 2.01. The number of aryl methyl sites for hydroxylation is 1. The number of nitrogens with one attached hydrogen (secondary N) is 2. The Labute approximate surface area is 189 Å². The van der Waals surface area contributed by atoms with Crippen LogP contribution in [-0.4, -0.2) is 78.7 Å². The van der Waals surface area contributed by atoms with Gasteiger partial charge in [0.1, 0.15) is 0 Å². The summed E-state index contributed by atoms with van der Waals surface area (Å²) in [6, 6.07) is 12.6. The summed E-state index contributed by atoms with van der Waals surface area (Å²) in [4.78, 5) is 29.4. The topological polar surface area (TPSA) is 78.8 Å². The van der Waals surface area contributed by atoms with Crippen molar-refractivity contribution in [3.05, 3.63) is 59.4 Å². The van der Waals surface area contributed by atoms with Gasteiger partial charge in [0.15, 0.2) is 0 Å². The first-order valence-corrected chi connectivity index (χ1v) is 11.4. The van der Waals surface area contributed by atoms with Crippen molar-refractivity contribution in [3.8, 4) is 0 Å². The van der Waals surface area contributed by atoms with Crippen LogP contribution in [0.4, 0.5) is 0 Å². The van der Waals surface area contributed by atoms with Crippen molar-refractivity contribution in [1.82, 2.24) is 25.0 Å². The van der Waals surface area contributed by atoms with E-state index in [1.165, 1.54) is 11.1 Å². The van der Waals surface area contributed by atoms with E-state index in [4.69, 9.17) is 4.74 Å². The third kappa shape index (κ3) is 5.56. The fourth-order valence-corrected chi connectivity index (χ4v) is 4.53. The van der Waals surface area contributed by atoms with Crippen LogP contribution in [0.1, 0.15) is 22.9 Å². The maximum Gasteiger partial charge on any atom is 0.309 e. The lowest BCUT2D eigenvalue weighted by atomic mass is 9.98. The van der Waals surface area contributed by atoms with Crippen LogP contribution in [-0.2, 0) is 34.3 Å². The molecule has 2 amide bonds. The van der Waals surface area contributed by atoms with Gasteiger partial charge >= 0.3 is 11.8 Å². The molecule has 3 heterocycles. The van der Waals surface area contributed by atoms with Crippen molar-refractivity contribution in [3.63, 3.8) is 0 Å². The van der Waals surface area contributed by atoms with Crippen LogP contribution in [0.3, 0.4) is 0 Å². The van der Waals surface area contributed by atoms with Crippen LogP contribution >= 0.6 is 0 Å². The number of nitrogens with zero attached hydrogens (tertiary/aromatic N) is 3. The number of aromatic nitrogens is 1. The minimum atomic E-state index is -0.580. The molecule has 0 saturated carbocycles. The number of carbonyl (C=O) groups excluding carboxylic acids is 2. The smallest absolute Gasteiger partial charge is 0.309 e. The monoisotopic (exact) mass is 439 g/mol. The molecule has 0 radical (unpaired) electrons. The van der Waals surface area contributed by atoms with Gasteiger partial charge in [-0.05, 0) is 29.7 Å². The minimum absolute atomic E-state index is 0.00606. The third-order valence-corrected chi connectivity index (χ3v) is 6.41. The molecule has 1 fully saturated rings. The van der Waals surface area contributed by atoms with E-state index >= 15 is 0 Å². The summed E-state index contributed by atoms with van der Waals surface area (Å²) >= 11 is 0. The summed E-state index contributed by atoms with van der Waals surface area (Å²) in [5.41, 5.74) is 3.83. The van der Waals surface area contributed by atoms with Crippen LogP contribution in [0.15, 0.2) is 42.6 Å². The Kier molecular flexibility index (Phi) is 7.57. The maximum absolute atomic E-state index is 12.5. The number of hydrogen-bond donors (Lipinski definition) is 2. The largest absolute Gasteiger partial charge is 0.379 e. The predicted octanol–water partition coefficient (Wildman–Crippen LogP) is 0.689. The highest BCUT2D eigenvalue weighted by atomic mass is 16.5. The second-order valence-corrected chi connectivity index (χ2v) is 8.47. The number of amides is 2. The number of morpholine rings is 1. The van der Waals surface area contributed by atoms with Crippen molar-refractivity contribution in [2.24, 2.45) is 7.05 Å². The SMILES string of the molecule is Cn1cccc1C(CNC(=O)C(=O)NCCN1CCOCC1)N1CCc2ccccc2C1. The lowest BCUT2D eigenvalue weighted by molar-refractivity contribution is -0.139. The Hall–Kier alpha value is -2.68. The van der Waals surface area contributed by atoms with Gasteiger partial charge < -0.3 is 19.9 Å². The van der Waals surface area contributed by atoms with E-state index in [2.05, 4.69) is 55.3 Å². The zero-order valence-corrected chi connectivity index (χ0v) is 18.8. The molecule has 32 heavy (non-hydrogen) atoms. The first-order valence-electron chi connectivity index (χ1n) is 11.4. The van der Waals surface area contributed by atoms with E-state index in [-0.39, 0.29) is 6.04 Å². The van der Waals surface area contributed by atoms with Crippen molar-refractivity contribution < 1.29 is 14.3 Å². The molecular weight excluding hydrogens is 406 g/mol. The van der Waals surface area contributed by atoms with Gasteiger partial charge in [0.25, 0.3) is 0 Å². The van der Waals surface area contributed by atoms with Gasteiger partial charge in [-0.25, -0.2) is 0 Å². The highest BCUT2D eigenvalue weighted by Crippen LogP contribution is 2.27. The molecule has 0 aliphatic carbocycles. The molecule has 2 aliphatic rings. The lowest BCUT2D eigenvalue weighted by Crippen LogP contribution is -2.47. The van der Waals surface area contributed by atoms with Gasteiger partial charge in [0, 0.05) is 64.8 Å². The van der Waals surface area contributed by atoms with Crippen LogP contribution in [0.25, 0.3) is 0 Å². The molecule has 1 aromatic carbocycles. The van der Waals surface area contributed by atoms with E-state index in [1.807, 2.05) is 19.3 Å². The number of benzene rings is 1. The highest BCUT2D eigenvalue weighted by molar-refractivity contribution is 6.35. The maximum atomic E-state index is 12.5. The highest BCUT2D eigenvalue weighted by Gasteiger charge is 2.27. The zero-order valence-electron chi connectivity index (χ0n) is 18.8. The lowest BCUT2D eigenvalue weighted by Gasteiger charge is -2.36. The molecule has 4 rings (SSSR count). The summed E-state index contributed by atoms with van der Waals surface area (Å²) in [5, 5.41) is 5.61. The van der Waals surface area contributed by atoms with E-state index in [0.717, 1.165) is 58.1 Å². The zero-order chi connectivity index (χ0) is 22.3. The number of rotatable bonds is 7. The second-order valence-electron chi connectivity index (χ2n) is 8.47. The Morgan fingerprint density at radius 1 is 1.00 bits per heavy atom. The molecule has 0 bridgehead atoms. The van der Waals surface area contributed by atoms with Crippen LogP contribution in [0.2, 0.25) is 0 Å². The van der Waals surface area contributed by atoms with Crippen molar-refractivity contribution in [1.29, 1.82) is 0 Å². The molecule has 1 saturated heterocycles. The first kappa shape index (κ1) is 22.5. The van der Waals surface area contributed by atoms with Crippen molar-refractivity contribution in [2.45, 2.75) is 19.0 Å². The molecule has 1 unspecified atom stereocenters. The first-order chi connectivity index (χ1) is 15.6. The van der Waals surface area contributed by atoms with Crippen LogP contribution < -0.4 is 10.6 Å². The number of fused-ring (bicyclic) bond motifs is 1. The summed E-state index contributed by atoms with van der Waals surface area (Å²) in [6.07, 6.45) is 2.99. The fraction of sp³-hybridized carbons (Fsp3) is 0.500. The number of ether oxygens (including phenoxy) is 1. The minimum Gasteiger partial charge on any atom is -0.379 e. The average molecular weight is 440 g/mol. The summed E-state index contributed by atoms with van der Waals surface area (Å²) in [5.74, 6) is -1.16. The second kappa shape index (κ2) is 10.8. The molecule has 8 heteroatoms. The Bertz CT molecular complexity index is 922. The normalized spacial score (nSPS) is 18.0. The molecule has 2 N–H and O–H groups in total. The van der Waals surface area contributed by atoms with E-state index in [1.54, 1.807) is 0 Å². The van der Waals surface area contributed by atoms with Gasteiger partial charge in [0.05, 0.1) is 19.3 Å². The third-order valence-electron chi connectivity index (χ3n) is 6.41. The molecule has 2 aliphatic heterocycles. The quantitative estimate of drug-likeness (QED) is 0.621. The van der Waals surface area contributed by atoms with Crippen LogP contribution in [0, 0.1) is 0 Å². The van der Waals surface area contributed by atoms with E-state index < -0.39 is 11.8 Å². The standard InChI is InChI=1S/C24H33N5O3/c1-27-10-4-7-21(27)22(29-11-8-19-5-2-3-6-20(19)18-29)17-26-24(31)23(30)25-9-12-28-13-15-32-16-14-28/h2-7,10,22H,8-9,11-18H2,1H3,(H,25,30)(H,26,31). The Morgan fingerprint density at radius 3 is 2.50 bits per heavy atom. The molecule has 1 aromatic heterocycles. The van der Waals surface area contributed by atoms with E-state index in [0.29, 0.717) is 13.1 Å². The molecular formula is C24H33N5O3. The van der Waals surface area contributed by atoms with Crippen molar-refractivity contribution in [2.75, 3.05) is 52.5 Å². The fourth-order valence-electron chi connectivity index (χ4n) is 4.53. The molecule has 2 aromatic rings. The van der Waals surface area contributed by atoms with Gasteiger partial charge in [0.2, 0.25) is 0 Å².